The summed E-state index contributed by atoms with van der Waals surface area (Å²) in [6.07, 6.45) is -1.31. The summed E-state index contributed by atoms with van der Waals surface area (Å²) in [5.41, 5.74) is 0.934. The van der Waals surface area contributed by atoms with Gasteiger partial charge in [0.15, 0.2) is 6.17 Å². The molecule has 0 radical (unpaired) electrons. The van der Waals surface area contributed by atoms with E-state index in [0.717, 1.165) is 10.0 Å². The van der Waals surface area contributed by atoms with E-state index in [1.54, 1.807) is 0 Å². The van der Waals surface area contributed by atoms with E-state index in [1.807, 2.05) is 24.3 Å². The van der Waals surface area contributed by atoms with Crippen molar-refractivity contribution >= 4 is 21.9 Å². The van der Waals surface area contributed by atoms with Gasteiger partial charge < -0.3 is 5.11 Å². The molecule has 14 heavy (non-hydrogen) atoms. The molecule has 0 fully saturated rings. The zero-order valence-corrected chi connectivity index (χ0v) is 9.00. The molecule has 76 valence electrons. The number of carbonyl (C=O) groups is 1. The molecule has 1 rings (SSSR count). The first-order chi connectivity index (χ1) is 6.59. The van der Waals surface area contributed by atoms with Gasteiger partial charge in [-0.05, 0) is 30.5 Å². The number of alkyl halides is 1. The van der Waals surface area contributed by atoms with Crippen molar-refractivity contribution in [1.29, 1.82) is 0 Å². The lowest BCUT2D eigenvalue weighted by molar-refractivity contribution is -0.142. The number of hydrogen-bond acceptors (Lipinski definition) is 1. The highest BCUT2D eigenvalue weighted by atomic mass is 79.9. The maximum atomic E-state index is 12.7. The van der Waals surface area contributed by atoms with E-state index >= 15 is 0 Å². The lowest BCUT2D eigenvalue weighted by Gasteiger charge is -2.03. The molecule has 1 unspecified atom stereocenters. The maximum absolute atomic E-state index is 12.7. The SMILES string of the molecule is O=C(O)C(F)CCc1cccc(Br)c1. The number of carboxylic acids is 1. The number of halogens is 2. The Morgan fingerprint density at radius 2 is 2.29 bits per heavy atom. The number of benzene rings is 1. The van der Waals surface area contributed by atoms with Crippen molar-refractivity contribution in [2.24, 2.45) is 0 Å². The fraction of sp³-hybridized carbons (Fsp3) is 0.300. The van der Waals surface area contributed by atoms with Gasteiger partial charge in [-0.3, -0.25) is 0 Å². The zero-order chi connectivity index (χ0) is 10.6. The smallest absolute Gasteiger partial charge is 0.338 e. The van der Waals surface area contributed by atoms with Crippen molar-refractivity contribution in [2.75, 3.05) is 0 Å². The highest BCUT2D eigenvalue weighted by Crippen LogP contribution is 2.14. The minimum atomic E-state index is -1.77. The number of aliphatic carboxylic acids is 1. The van der Waals surface area contributed by atoms with Gasteiger partial charge in [0.1, 0.15) is 0 Å². The molecule has 0 aliphatic heterocycles. The third-order valence-corrected chi connectivity index (χ3v) is 2.34. The molecule has 0 aliphatic carbocycles. The van der Waals surface area contributed by atoms with Crippen molar-refractivity contribution < 1.29 is 14.3 Å². The normalized spacial score (nSPS) is 12.4. The van der Waals surface area contributed by atoms with Crippen molar-refractivity contribution in [3.8, 4) is 0 Å². The summed E-state index contributed by atoms with van der Waals surface area (Å²) in [7, 11) is 0. The van der Waals surface area contributed by atoms with E-state index in [0.29, 0.717) is 6.42 Å². The molecule has 0 amide bonds. The van der Waals surface area contributed by atoms with E-state index in [4.69, 9.17) is 5.11 Å². The summed E-state index contributed by atoms with van der Waals surface area (Å²) >= 11 is 3.29. The summed E-state index contributed by atoms with van der Waals surface area (Å²) in [4.78, 5) is 10.2. The third-order valence-electron chi connectivity index (χ3n) is 1.84. The Labute approximate surface area is 89.9 Å². The molecule has 1 N–H and O–H groups in total. The lowest BCUT2D eigenvalue weighted by Crippen LogP contribution is -2.14. The van der Waals surface area contributed by atoms with E-state index in [-0.39, 0.29) is 6.42 Å². The summed E-state index contributed by atoms with van der Waals surface area (Å²) in [5.74, 6) is -1.39. The molecule has 0 aliphatic rings. The highest BCUT2D eigenvalue weighted by molar-refractivity contribution is 9.10. The van der Waals surface area contributed by atoms with E-state index in [1.165, 1.54) is 0 Å². The van der Waals surface area contributed by atoms with Crippen molar-refractivity contribution in [2.45, 2.75) is 19.0 Å². The molecule has 1 aromatic carbocycles. The molecule has 2 nitrogen and oxygen atoms in total. The molecule has 0 saturated heterocycles. The predicted octanol–water partition coefficient (Wildman–Crippen LogP) is 2.80. The van der Waals surface area contributed by atoms with Crippen LogP contribution in [0.2, 0.25) is 0 Å². The number of hydrogen-bond donors (Lipinski definition) is 1. The van der Waals surface area contributed by atoms with Crippen molar-refractivity contribution in [3.63, 3.8) is 0 Å². The number of carboxylic acid groups (broad SMARTS) is 1. The Morgan fingerprint density at radius 1 is 1.57 bits per heavy atom. The van der Waals surface area contributed by atoms with E-state index < -0.39 is 12.1 Å². The largest absolute Gasteiger partial charge is 0.479 e. The van der Waals surface area contributed by atoms with Crippen LogP contribution in [0.4, 0.5) is 4.39 Å². The number of rotatable bonds is 4. The molecule has 0 bridgehead atoms. The van der Waals surface area contributed by atoms with Gasteiger partial charge in [-0.25, -0.2) is 9.18 Å². The van der Waals surface area contributed by atoms with Crippen LogP contribution in [-0.2, 0) is 11.2 Å². The van der Waals surface area contributed by atoms with Crippen LogP contribution in [0.3, 0.4) is 0 Å². The van der Waals surface area contributed by atoms with Crippen LogP contribution in [-0.4, -0.2) is 17.2 Å². The second kappa shape index (κ2) is 5.10. The Bertz CT molecular complexity index is 328. The van der Waals surface area contributed by atoms with Crippen LogP contribution >= 0.6 is 15.9 Å². The zero-order valence-electron chi connectivity index (χ0n) is 7.41. The van der Waals surface area contributed by atoms with Crippen molar-refractivity contribution in [3.05, 3.63) is 34.3 Å². The fourth-order valence-corrected chi connectivity index (χ4v) is 1.56. The Balaban J connectivity index is 2.49. The van der Waals surface area contributed by atoms with Crippen LogP contribution in [0.15, 0.2) is 28.7 Å². The Morgan fingerprint density at radius 3 is 2.86 bits per heavy atom. The van der Waals surface area contributed by atoms with E-state index in [9.17, 15) is 9.18 Å². The second-order valence-corrected chi connectivity index (χ2v) is 3.89. The Hall–Kier alpha value is -0.900. The average molecular weight is 261 g/mol. The standard InChI is InChI=1S/C10H10BrFO2/c11-8-3-1-2-7(6-8)4-5-9(12)10(13)14/h1-3,6,9H,4-5H2,(H,13,14). The molecule has 4 heteroatoms. The molecule has 1 aromatic rings. The molecular formula is C10H10BrFO2. The van der Waals surface area contributed by atoms with Gasteiger partial charge in [0.2, 0.25) is 0 Å². The summed E-state index contributed by atoms with van der Waals surface area (Å²) in [6, 6.07) is 7.41. The van der Waals surface area contributed by atoms with Gasteiger partial charge in [0, 0.05) is 4.47 Å². The van der Waals surface area contributed by atoms with Gasteiger partial charge in [-0.2, -0.15) is 0 Å². The molecule has 0 heterocycles. The topological polar surface area (TPSA) is 37.3 Å². The van der Waals surface area contributed by atoms with Crippen LogP contribution in [0.5, 0.6) is 0 Å². The summed E-state index contributed by atoms with van der Waals surface area (Å²) in [6.45, 7) is 0. The molecule has 0 saturated carbocycles. The minimum absolute atomic E-state index is 0.0196. The molecule has 1 atom stereocenters. The monoisotopic (exact) mass is 260 g/mol. The van der Waals surface area contributed by atoms with Crippen LogP contribution in [0.25, 0.3) is 0 Å². The van der Waals surface area contributed by atoms with Crippen molar-refractivity contribution in [1.82, 2.24) is 0 Å². The molecule has 0 aromatic heterocycles. The van der Waals surface area contributed by atoms with Crippen LogP contribution in [0, 0.1) is 0 Å². The van der Waals surface area contributed by atoms with Crippen LogP contribution in [0.1, 0.15) is 12.0 Å². The summed E-state index contributed by atoms with van der Waals surface area (Å²) < 4.78 is 13.6. The van der Waals surface area contributed by atoms with Crippen LogP contribution < -0.4 is 0 Å². The quantitative estimate of drug-likeness (QED) is 0.904. The summed E-state index contributed by atoms with van der Waals surface area (Å²) in [5, 5.41) is 8.33. The van der Waals surface area contributed by atoms with Gasteiger partial charge in [-0.1, -0.05) is 28.1 Å². The fourth-order valence-electron chi connectivity index (χ4n) is 1.11. The first kappa shape index (κ1) is 11.2. The average Bonchev–Trinajstić information content (AvgIpc) is 2.14. The minimum Gasteiger partial charge on any atom is -0.479 e. The first-order valence-electron chi connectivity index (χ1n) is 4.21. The van der Waals surface area contributed by atoms with Gasteiger partial charge in [0.05, 0.1) is 0 Å². The predicted molar refractivity (Wildman–Crippen MR) is 55.0 cm³/mol. The van der Waals surface area contributed by atoms with Gasteiger partial charge in [0.25, 0.3) is 0 Å². The lowest BCUT2D eigenvalue weighted by atomic mass is 10.1. The molecule has 0 spiro atoms. The Kier molecular flexibility index (Phi) is 4.07. The second-order valence-electron chi connectivity index (χ2n) is 2.97. The van der Waals surface area contributed by atoms with E-state index in [2.05, 4.69) is 15.9 Å². The maximum Gasteiger partial charge on any atom is 0.338 e. The van der Waals surface area contributed by atoms with Gasteiger partial charge >= 0.3 is 5.97 Å². The van der Waals surface area contributed by atoms with Gasteiger partial charge in [-0.15, -0.1) is 0 Å². The third kappa shape index (κ3) is 3.46. The number of aryl methyl sites for hydroxylation is 1. The first-order valence-corrected chi connectivity index (χ1v) is 5.00. The highest BCUT2D eigenvalue weighted by Gasteiger charge is 2.14. The molecular weight excluding hydrogens is 251 g/mol.